The van der Waals surface area contributed by atoms with Crippen molar-refractivity contribution >= 4 is 35.6 Å². The van der Waals surface area contributed by atoms with E-state index in [1.165, 1.54) is 62.0 Å². The van der Waals surface area contributed by atoms with E-state index in [1.54, 1.807) is 0 Å². The van der Waals surface area contributed by atoms with E-state index in [4.69, 9.17) is 0 Å². The normalized spacial score (nSPS) is 19.6. The predicted octanol–water partition coefficient (Wildman–Crippen LogP) is 4.46. The summed E-state index contributed by atoms with van der Waals surface area (Å²) in [4.78, 5) is 7.06. The molecule has 0 radical (unpaired) electrons. The number of hydrogen-bond donors (Lipinski definition) is 1. The minimum atomic E-state index is 0. The van der Waals surface area contributed by atoms with E-state index in [-0.39, 0.29) is 24.0 Å². The van der Waals surface area contributed by atoms with Crippen LogP contribution in [0.1, 0.15) is 68.6 Å². The Balaban J connectivity index is 0.00000231. The molecule has 0 atom stereocenters. The minimum Gasteiger partial charge on any atom is -0.356 e. The number of aryl methyl sites for hydroxylation is 2. The maximum Gasteiger partial charge on any atom is 0.198 e. The smallest absolute Gasteiger partial charge is 0.198 e. The minimum absolute atomic E-state index is 0. The number of aromatic nitrogens is 3. The van der Waals surface area contributed by atoms with Crippen molar-refractivity contribution in [3.63, 3.8) is 0 Å². The second-order valence-electron chi connectivity index (χ2n) is 9.16. The number of rotatable bonds is 4. The van der Waals surface area contributed by atoms with Gasteiger partial charge in [-0.3, -0.25) is 4.99 Å². The van der Waals surface area contributed by atoms with Crippen molar-refractivity contribution in [2.24, 2.45) is 4.99 Å². The molecule has 1 saturated carbocycles. The molecule has 1 aliphatic carbocycles. The first-order valence-corrected chi connectivity index (χ1v) is 11.8. The van der Waals surface area contributed by atoms with Gasteiger partial charge in [0, 0.05) is 50.6 Å². The number of halogens is 1. The molecule has 0 unspecified atom stereocenters. The number of fused-ring (bicyclic) bond motifs is 3. The Kier molecular flexibility index (Phi) is 7.19. The largest absolute Gasteiger partial charge is 0.356 e. The zero-order valence-electron chi connectivity index (χ0n) is 18.6. The fraction of sp³-hybridized carbons (Fsp3) is 0.625. The summed E-state index contributed by atoms with van der Waals surface area (Å²) >= 11 is 0. The van der Waals surface area contributed by atoms with Crippen LogP contribution in [0.3, 0.4) is 0 Å². The maximum atomic E-state index is 4.64. The predicted molar refractivity (Wildman–Crippen MR) is 137 cm³/mol. The third-order valence-corrected chi connectivity index (χ3v) is 7.30. The summed E-state index contributed by atoms with van der Waals surface area (Å²) in [5.74, 6) is 3.34. The summed E-state index contributed by atoms with van der Waals surface area (Å²) in [5.41, 5.74) is 3.19. The number of nitrogens with zero attached hydrogens (tertiary/aromatic N) is 5. The summed E-state index contributed by atoms with van der Waals surface area (Å²) in [5, 5.41) is 12.5. The van der Waals surface area contributed by atoms with Crippen molar-refractivity contribution in [3.05, 3.63) is 41.5 Å². The lowest BCUT2D eigenvalue weighted by atomic mass is 9.81. The van der Waals surface area contributed by atoms with E-state index in [0.29, 0.717) is 5.41 Å². The fourth-order valence-electron chi connectivity index (χ4n) is 5.77. The molecule has 6 nitrogen and oxygen atoms in total. The van der Waals surface area contributed by atoms with E-state index in [9.17, 15) is 0 Å². The summed E-state index contributed by atoms with van der Waals surface area (Å²) in [7, 11) is 1.91. The van der Waals surface area contributed by atoms with Gasteiger partial charge in [0.05, 0.1) is 0 Å². The molecule has 2 aliphatic heterocycles. The molecule has 1 aromatic carbocycles. The van der Waals surface area contributed by atoms with Gasteiger partial charge in [0.2, 0.25) is 0 Å². The van der Waals surface area contributed by atoms with E-state index in [1.807, 2.05) is 7.05 Å². The third-order valence-electron chi connectivity index (χ3n) is 7.30. The first-order valence-electron chi connectivity index (χ1n) is 11.8. The highest BCUT2D eigenvalue weighted by molar-refractivity contribution is 14.0. The van der Waals surface area contributed by atoms with Gasteiger partial charge < -0.3 is 14.8 Å². The lowest BCUT2D eigenvalue weighted by Crippen LogP contribution is -2.43. The monoisotopic (exact) mass is 534 g/mol. The molecular weight excluding hydrogens is 499 g/mol. The van der Waals surface area contributed by atoms with E-state index < -0.39 is 0 Å². The number of nitrogens with one attached hydrogen (secondary N) is 1. The van der Waals surface area contributed by atoms with Gasteiger partial charge in [-0.1, -0.05) is 37.5 Å². The Morgan fingerprint density at radius 1 is 1.10 bits per heavy atom. The standard InChI is InChI=1S/C24H34N6.HI/c1-25-23(26-16-9-13-22-28-27-21-12-3-2-8-17-29(21)22)30-18-24(14-6-7-15-24)19-10-4-5-11-20(19)30;/h4-5,10-11H,2-3,6-9,12-18H2,1H3,(H,25,26);1H. The number of benzene rings is 1. The average Bonchev–Trinajstić information content (AvgIpc) is 3.44. The highest BCUT2D eigenvalue weighted by Gasteiger charge is 2.45. The van der Waals surface area contributed by atoms with E-state index >= 15 is 0 Å². The van der Waals surface area contributed by atoms with Crippen molar-refractivity contribution in [2.75, 3.05) is 25.0 Å². The summed E-state index contributed by atoms with van der Waals surface area (Å²) in [6.45, 7) is 3.05. The lowest BCUT2D eigenvalue weighted by molar-refractivity contribution is 0.478. The van der Waals surface area contributed by atoms with Gasteiger partial charge in [-0.15, -0.1) is 34.2 Å². The zero-order valence-corrected chi connectivity index (χ0v) is 21.0. The Bertz CT molecular complexity index is 915. The van der Waals surface area contributed by atoms with Crippen LogP contribution in [0.25, 0.3) is 0 Å². The maximum absolute atomic E-state index is 4.64. The van der Waals surface area contributed by atoms with Crippen LogP contribution in [0.15, 0.2) is 29.3 Å². The Hall–Kier alpha value is -1.64. The van der Waals surface area contributed by atoms with Gasteiger partial charge in [-0.05, 0) is 43.7 Å². The first-order chi connectivity index (χ1) is 14.8. The molecule has 0 saturated heterocycles. The van der Waals surface area contributed by atoms with Crippen molar-refractivity contribution in [1.29, 1.82) is 0 Å². The van der Waals surface area contributed by atoms with Crippen molar-refractivity contribution in [1.82, 2.24) is 20.1 Å². The van der Waals surface area contributed by atoms with Crippen LogP contribution in [0.2, 0.25) is 0 Å². The van der Waals surface area contributed by atoms with Gasteiger partial charge in [-0.2, -0.15) is 0 Å². The van der Waals surface area contributed by atoms with Gasteiger partial charge in [0.15, 0.2) is 5.96 Å². The number of hydrogen-bond acceptors (Lipinski definition) is 3. The summed E-state index contributed by atoms with van der Waals surface area (Å²) in [6.07, 6.45) is 12.2. The molecule has 1 aromatic heterocycles. The molecule has 0 bridgehead atoms. The number of aliphatic imine (C=N–C) groups is 1. The van der Waals surface area contributed by atoms with E-state index in [0.717, 1.165) is 50.7 Å². The van der Waals surface area contributed by atoms with Crippen LogP contribution in [0.4, 0.5) is 5.69 Å². The molecule has 1 fully saturated rings. The number of para-hydroxylation sites is 1. The van der Waals surface area contributed by atoms with Crippen molar-refractivity contribution in [2.45, 2.75) is 76.2 Å². The number of guanidine groups is 1. The summed E-state index contributed by atoms with van der Waals surface area (Å²) < 4.78 is 2.36. The van der Waals surface area contributed by atoms with Gasteiger partial charge >= 0.3 is 0 Å². The molecular formula is C24H35IN6. The Morgan fingerprint density at radius 2 is 1.94 bits per heavy atom. The molecule has 5 rings (SSSR count). The van der Waals surface area contributed by atoms with Crippen molar-refractivity contribution < 1.29 is 0 Å². The quantitative estimate of drug-likeness (QED) is 0.273. The highest BCUT2D eigenvalue weighted by atomic mass is 127. The van der Waals surface area contributed by atoms with Crippen LogP contribution in [-0.2, 0) is 24.8 Å². The van der Waals surface area contributed by atoms with Gasteiger partial charge in [-0.25, -0.2) is 0 Å². The fourth-order valence-corrected chi connectivity index (χ4v) is 5.77. The molecule has 1 N–H and O–H groups in total. The number of anilines is 1. The van der Waals surface area contributed by atoms with Crippen LogP contribution >= 0.6 is 24.0 Å². The first kappa shape index (κ1) is 22.6. The van der Waals surface area contributed by atoms with Crippen LogP contribution in [0.5, 0.6) is 0 Å². The Labute approximate surface area is 202 Å². The Morgan fingerprint density at radius 3 is 2.77 bits per heavy atom. The van der Waals surface area contributed by atoms with Crippen LogP contribution in [0, 0.1) is 0 Å². The van der Waals surface area contributed by atoms with Crippen LogP contribution in [-0.4, -0.2) is 40.9 Å². The molecule has 1 spiro atoms. The molecule has 3 heterocycles. The van der Waals surface area contributed by atoms with Crippen molar-refractivity contribution in [3.8, 4) is 0 Å². The molecule has 168 valence electrons. The summed E-state index contributed by atoms with van der Waals surface area (Å²) in [6, 6.07) is 8.95. The van der Waals surface area contributed by atoms with Gasteiger partial charge in [0.25, 0.3) is 0 Å². The SMILES string of the molecule is CN=C(NCCCc1nnc2n1CCCCC2)N1CC2(CCCC2)c2ccccc21.I. The molecule has 2 aromatic rings. The second-order valence-corrected chi connectivity index (χ2v) is 9.16. The molecule has 0 amide bonds. The molecule has 3 aliphatic rings. The highest BCUT2D eigenvalue weighted by Crippen LogP contribution is 2.50. The topological polar surface area (TPSA) is 58.3 Å². The van der Waals surface area contributed by atoms with E-state index in [2.05, 4.69) is 54.2 Å². The van der Waals surface area contributed by atoms with Crippen LogP contribution < -0.4 is 10.2 Å². The molecule has 7 heteroatoms. The lowest BCUT2D eigenvalue weighted by Gasteiger charge is -2.26. The van der Waals surface area contributed by atoms with Gasteiger partial charge in [0.1, 0.15) is 11.6 Å². The zero-order chi connectivity index (χ0) is 20.4. The average molecular weight is 534 g/mol. The third kappa shape index (κ3) is 4.34. The second kappa shape index (κ2) is 9.88. The molecule has 31 heavy (non-hydrogen) atoms.